The van der Waals surface area contributed by atoms with Crippen LogP contribution >= 0.6 is 23.2 Å². The lowest BCUT2D eigenvalue weighted by molar-refractivity contribution is -0.0920. The molecule has 6 atom stereocenters. The Balaban J connectivity index is 1.66. The molecule has 3 aliphatic heterocycles. The highest BCUT2D eigenvalue weighted by Crippen LogP contribution is 2.37. The van der Waals surface area contributed by atoms with Crippen LogP contribution in [0.2, 0.25) is 0 Å². The zero-order valence-electron chi connectivity index (χ0n) is 9.53. The fourth-order valence-corrected chi connectivity index (χ4v) is 3.90. The summed E-state index contributed by atoms with van der Waals surface area (Å²) in [6, 6.07) is 0.612. The van der Waals surface area contributed by atoms with Gasteiger partial charge in [0.1, 0.15) is 12.3 Å². The zero-order valence-corrected chi connectivity index (χ0v) is 11.0. The van der Waals surface area contributed by atoms with Crippen LogP contribution in [-0.2, 0) is 0 Å². The molecular weight excluding hydrogens is 279 g/mol. The average molecular weight is 295 g/mol. The second kappa shape index (κ2) is 4.38. The van der Waals surface area contributed by atoms with Crippen molar-refractivity contribution in [3.8, 4) is 0 Å². The molecule has 10 heteroatoms. The average Bonchev–Trinajstić information content (AvgIpc) is 2.97. The van der Waals surface area contributed by atoms with Crippen molar-refractivity contribution in [3.05, 3.63) is 0 Å². The van der Waals surface area contributed by atoms with E-state index in [-0.39, 0.29) is 23.1 Å². The van der Waals surface area contributed by atoms with Crippen LogP contribution in [-0.4, -0.2) is 45.2 Å². The number of hydrogen-bond donors (Lipinski definition) is 6. The Labute approximate surface area is 115 Å². The third-order valence-corrected chi connectivity index (χ3v) is 5.29. The smallest absolute Gasteiger partial charge is 0.120 e. The molecule has 8 nitrogen and oxygen atoms in total. The van der Waals surface area contributed by atoms with E-state index in [1.165, 1.54) is 0 Å². The first kappa shape index (κ1) is 12.0. The number of hydrogen-bond acceptors (Lipinski definition) is 8. The van der Waals surface area contributed by atoms with Crippen LogP contribution in [0.5, 0.6) is 0 Å². The first-order valence-corrected chi connectivity index (χ1v) is 7.00. The number of nitrogens with zero attached hydrogens (tertiary/aromatic N) is 2. The number of halogens is 2. The Kier molecular flexibility index (Phi) is 2.93. The van der Waals surface area contributed by atoms with Crippen molar-refractivity contribution in [2.45, 2.75) is 48.0 Å². The molecule has 18 heavy (non-hydrogen) atoms. The summed E-state index contributed by atoms with van der Waals surface area (Å²) in [5, 5.41) is 4.39. The van der Waals surface area contributed by atoms with Gasteiger partial charge >= 0.3 is 0 Å². The fraction of sp³-hybridized carbons (Fsp3) is 1.00. The van der Waals surface area contributed by atoms with Gasteiger partial charge in [-0.2, -0.15) is 22.1 Å². The molecule has 102 valence electrons. The summed E-state index contributed by atoms with van der Waals surface area (Å²) < 4.78 is 0. The van der Waals surface area contributed by atoms with E-state index in [0.29, 0.717) is 12.1 Å². The normalized spacial score (nSPS) is 53.0. The maximum atomic E-state index is 6.32. The first-order valence-electron chi connectivity index (χ1n) is 6.13. The first-order chi connectivity index (χ1) is 8.75. The Morgan fingerprint density at radius 1 is 0.778 bits per heavy atom. The summed E-state index contributed by atoms with van der Waals surface area (Å²) in [6.07, 6.45) is 1.95. The third-order valence-electron chi connectivity index (χ3n) is 4.19. The van der Waals surface area contributed by atoms with Crippen LogP contribution in [0.15, 0.2) is 0 Å². The molecule has 0 amide bonds. The summed E-state index contributed by atoms with van der Waals surface area (Å²) in [5.41, 5.74) is 18.6. The Morgan fingerprint density at radius 3 is 1.67 bits per heavy atom. The van der Waals surface area contributed by atoms with Gasteiger partial charge in [0.05, 0.1) is 10.8 Å². The van der Waals surface area contributed by atoms with Crippen molar-refractivity contribution < 1.29 is 0 Å². The quantitative estimate of drug-likeness (QED) is 0.288. The minimum atomic E-state index is 0.0102. The van der Waals surface area contributed by atoms with E-state index in [2.05, 4.69) is 43.0 Å². The molecule has 6 unspecified atom stereocenters. The summed E-state index contributed by atoms with van der Waals surface area (Å²) in [7, 11) is 0. The molecule has 4 rings (SSSR count). The summed E-state index contributed by atoms with van der Waals surface area (Å²) in [5.74, 6) is 0. The molecule has 1 saturated carbocycles. The second-order valence-electron chi connectivity index (χ2n) is 5.10. The van der Waals surface area contributed by atoms with E-state index in [0.717, 1.165) is 12.8 Å². The zero-order chi connectivity index (χ0) is 12.3. The SMILES string of the molecule is ClC1CC2C(CC1Cl)N1NNNC1C1NNNN21. The van der Waals surface area contributed by atoms with Gasteiger partial charge in [-0.05, 0) is 12.8 Å². The lowest BCUT2D eigenvalue weighted by Gasteiger charge is -2.52. The predicted octanol–water partition coefficient (Wildman–Crippen LogP) is -1.94. The minimum absolute atomic E-state index is 0.0102. The Bertz CT molecular complexity index is 313. The lowest BCUT2D eigenvalue weighted by atomic mass is 9.86. The molecule has 6 N–H and O–H groups in total. The number of hydrazine groups is 6. The molecule has 4 fully saturated rings. The number of rotatable bonds is 0. The Hall–Kier alpha value is 0.260. The molecule has 0 bridgehead atoms. The van der Waals surface area contributed by atoms with Crippen molar-refractivity contribution in [1.82, 2.24) is 43.0 Å². The highest BCUT2D eigenvalue weighted by Gasteiger charge is 2.54. The van der Waals surface area contributed by atoms with E-state index < -0.39 is 0 Å². The van der Waals surface area contributed by atoms with E-state index >= 15 is 0 Å². The highest BCUT2D eigenvalue weighted by atomic mass is 35.5. The summed E-state index contributed by atoms with van der Waals surface area (Å²) in [4.78, 5) is 0. The van der Waals surface area contributed by atoms with Crippen LogP contribution in [0.25, 0.3) is 0 Å². The summed E-state index contributed by atoms with van der Waals surface area (Å²) >= 11 is 12.6. The highest BCUT2D eigenvalue weighted by molar-refractivity contribution is 6.30. The second-order valence-corrected chi connectivity index (χ2v) is 6.23. The molecule has 0 aromatic heterocycles. The van der Waals surface area contributed by atoms with Crippen molar-refractivity contribution in [2.24, 2.45) is 0 Å². The molecule has 4 aliphatic rings. The van der Waals surface area contributed by atoms with E-state index in [9.17, 15) is 0 Å². The largest absolute Gasteiger partial charge is 0.221 e. The maximum Gasteiger partial charge on any atom is 0.120 e. The van der Waals surface area contributed by atoms with E-state index in [1.807, 2.05) is 0 Å². The third kappa shape index (κ3) is 1.63. The summed E-state index contributed by atoms with van der Waals surface area (Å²) in [6.45, 7) is 0. The Morgan fingerprint density at radius 2 is 1.22 bits per heavy atom. The standard InChI is InChI=1S/C8H16Cl2N8/c9-3-1-5-6(2-4(3)10)18-8(12-14-16-18)7-11-13-15-17(5)7/h3-8,11-16H,1-2H2. The van der Waals surface area contributed by atoms with Gasteiger partial charge in [-0.1, -0.05) is 0 Å². The maximum absolute atomic E-state index is 6.32. The van der Waals surface area contributed by atoms with Gasteiger partial charge in [-0.25, -0.2) is 20.9 Å². The monoisotopic (exact) mass is 294 g/mol. The van der Waals surface area contributed by atoms with Crippen LogP contribution in [0, 0.1) is 0 Å². The van der Waals surface area contributed by atoms with Crippen LogP contribution in [0.3, 0.4) is 0 Å². The van der Waals surface area contributed by atoms with Crippen LogP contribution in [0.1, 0.15) is 12.8 Å². The minimum Gasteiger partial charge on any atom is -0.221 e. The molecular formula is C8H16Cl2N8. The molecule has 0 spiro atoms. The van der Waals surface area contributed by atoms with Crippen molar-refractivity contribution in [3.63, 3.8) is 0 Å². The fourth-order valence-electron chi connectivity index (χ4n) is 3.33. The molecule has 0 aromatic rings. The van der Waals surface area contributed by atoms with Gasteiger partial charge in [-0.15, -0.1) is 23.2 Å². The van der Waals surface area contributed by atoms with Crippen molar-refractivity contribution >= 4 is 23.2 Å². The van der Waals surface area contributed by atoms with E-state index in [1.54, 1.807) is 0 Å². The molecule has 1 aliphatic carbocycles. The van der Waals surface area contributed by atoms with Gasteiger partial charge in [0.25, 0.3) is 0 Å². The van der Waals surface area contributed by atoms with Gasteiger partial charge in [0.15, 0.2) is 0 Å². The molecule has 3 heterocycles. The van der Waals surface area contributed by atoms with E-state index in [4.69, 9.17) is 23.2 Å². The van der Waals surface area contributed by atoms with Gasteiger partial charge < -0.3 is 0 Å². The van der Waals surface area contributed by atoms with Gasteiger partial charge in [0.2, 0.25) is 0 Å². The topological polar surface area (TPSA) is 78.7 Å². The predicted molar refractivity (Wildman–Crippen MR) is 66.2 cm³/mol. The molecule has 3 saturated heterocycles. The number of alkyl halides is 2. The van der Waals surface area contributed by atoms with Crippen LogP contribution in [0.4, 0.5) is 0 Å². The number of nitrogens with one attached hydrogen (secondary N) is 6. The van der Waals surface area contributed by atoms with Crippen molar-refractivity contribution in [2.75, 3.05) is 0 Å². The molecule has 0 radical (unpaired) electrons. The van der Waals surface area contributed by atoms with Gasteiger partial charge in [0, 0.05) is 12.1 Å². The van der Waals surface area contributed by atoms with Crippen molar-refractivity contribution in [1.29, 1.82) is 0 Å². The lowest BCUT2D eigenvalue weighted by Crippen LogP contribution is -2.73. The van der Waals surface area contributed by atoms with Crippen LogP contribution < -0.4 is 33.0 Å². The number of fused-ring (bicyclic) bond motifs is 6. The number of piperazine rings is 1. The molecule has 0 aromatic carbocycles. The van der Waals surface area contributed by atoms with Gasteiger partial charge in [-0.3, -0.25) is 0 Å².